The van der Waals surface area contributed by atoms with Crippen molar-refractivity contribution in [3.8, 4) is 5.88 Å². The predicted octanol–water partition coefficient (Wildman–Crippen LogP) is 2.24. The van der Waals surface area contributed by atoms with Crippen LogP contribution in [0.5, 0.6) is 5.88 Å². The largest absolute Gasteiger partial charge is 0.480 e. The molecule has 1 aromatic heterocycles. The van der Waals surface area contributed by atoms with Crippen molar-refractivity contribution in [1.29, 1.82) is 0 Å². The number of rotatable bonds is 6. The van der Waals surface area contributed by atoms with Gasteiger partial charge in [0.15, 0.2) is 0 Å². The third-order valence-corrected chi connectivity index (χ3v) is 3.26. The highest BCUT2D eigenvalue weighted by Crippen LogP contribution is 2.22. The molecule has 0 aliphatic rings. The van der Waals surface area contributed by atoms with E-state index in [1.807, 2.05) is 18.2 Å². The second-order valence-electron chi connectivity index (χ2n) is 5.44. The summed E-state index contributed by atoms with van der Waals surface area (Å²) in [6.07, 6.45) is 1.04. The van der Waals surface area contributed by atoms with Crippen LogP contribution in [0.3, 0.4) is 0 Å². The third kappa shape index (κ3) is 4.00. The van der Waals surface area contributed by atoms with Crippen LogP contribution < -0.4 is 16.0 Å². The van der Waals surface area contributed by atoms with Crippen molar-refractivity contribution in [2.45, 2.75) is 26.3 Å². The van der Waals surface area contributed by atoms with E-state index in [0.717, 1.165) is 17.7 Å². The van der Waals surface area contributed by atoms with Gasteiger partial charge in [-0.2, -0.15) is 0 Å². The maximum atomic E-state index is 5.71. The summed E-state index contributed by atoms with van der Waals surface area (Å²) in [7, 11) is 1.57. The highest BCUT2D eigenvalue weighted by molar-refractivity contribution is 5.31. The monoisotopic (exact) mass is 286 g/mol. The van der Waals surface area contributed by atoms with Crippen molar-refractivity contribution < 1.29 is 4.74 Å². The van der Waals surface area contributed by atoms with Crippen LogP contribution in [0.1, 0.15) is 36.7 Å². The second-order valence-corrected chi connectivity index (χ2v) is 5.44. The fourth-order valence-corrected chi connectivity index (χ4v) is 2.32. The summed E-state index contributed by atoms with van der Waals surface area (Å²) in [5, 5.41) is 8.16. The zero-order chi connectivity index (χ0) is 15.2. The van der Waals surface area contributed by atoms with Crippen LogP contribution in [0.15, 0.2) is 36.4 Å². The molecule has 1 aromatic carbocycles. The quantitative estimate of drug-likeness (QED) is 0.629. The molecular weight excluding hydrogens is 264 g/mol. The molecule has 2 aromatic rings. The average Bonchev–Trinajstić information content (AvgIpc) is 2.48. The van der Waals surface area contributed by atoms with Gasteiger partial charge in [0, 0.05) is 6.07 Å². The maximum absolute atomic E-state index is 5.71. The molecule has 0 aliphatic carbocycles. The Morgan fingerprint density at radius 3 is 2.57 bits per heavy atom. The molecule has 0 saturated heterocycles. The van der Waals surface area contributed by atoms with Gasteiger partial charge in [-0.25, -0.2) is 5.43 Å². The Morgan fingerprint density at radius 1 is 1.19 bits per heavy atom. The number of hydrazine groups is 1. The lowest BCUT2D eigenvalue weighted by atomic mass is 9.97. The van der Waals surface area contributed by atoms with Crippen LogP contribution >= 0.6 is 0 Å². The summed E-state index contributed by atoms with van der Waals surface area (Å²) in [5.74, 6) is 6.81. The van der Waals surface area contributed by atoms with Gasteiger partial charge in [-0.3, -0.25) is 5.84 Å². The number of nitrogens with one attached hydrogen (secondary N) is 1. The van der Waals surface area contributed by atoms with E-state index in [1.54, 1.807) is 13.2 Å². The van der Waals surface area contributed by atoms with E-state index >= 15 is 0 Å². The Labute approximate surface area is 125 Å². The lowest BCUT2D eigenvalue weighted by Crippen LogP contribution is -2.29. The van der Waals surface area contributed by atoms with Gasteiger partial charge in [0.2, 0.25) is 5.88 Å². The summed E-state index contributed by atoms with van der Waals surface area (Å²) >= 11 is 0. The van der Waals surface area contributed by atoms with Crippen LogP contribution in [0.2, 0.25) is 0 Å². The third-order valence-electron chi connectivity index (χ3n) is 3.26. The molecule has 0 fully saturated rings. The first-order valence-corrected chi connectivity index (χ1v) is 7.06. The van der Waals surface area contributed by atoms with Gasteiger partial charge in [-0.1, -0.05) is 38.1 Å². The minimum absolute atomic E-state index is 0.185. The fraction of sp³-hybridized carbons (Fsp3) is 0.375. The molecule has 3 N–H and O–H groups in total. The maximum Gasteiger partial charge on any atom is 0.233 e. The molecule has 0 radical (unpaired) electrons. The van der Waals surface area contributed by atoms with Crippen molar-refractivity contribution in [2.24, 2.45) is 11.8 Å². The normalized spacial score (nSPS) is 12.4. The van der Waals surface area contributed by atoms with Crippen molar-refractivity contribution in [2.75, 3.05) is 7.11 Å². The predicted molar refractivity (Wildman–Crippen MR) is 82.7 cm³/mol. The average molecular weight is 286 g/mol. The van der Waals surface area contributed by atoms with E-state index in [0.29, 0.717) is 11.8 Å². The van der Waals surface area contributed by atoms with E-state index in [2.05, 4.69) is 41.6 Å². The van der Waals surface area contributed by atoms with E-state index < -0.39 is 0 Å². The first-order valence-electron chi connectivity index (χ1n) is 7.06. The van der Waals surface area contributed by atoms with Crippen LogP contribution in [0.25, 0.3) is 0 Å². The second kappa shape index (κ2) is 7.15. The van der Waals surface area contributed by atoms with Gasteiger partial charge in [0.1, 0.15) is 0 Å². The topological polar surface area (TPSA) is 73.1 Å². The number of ether oxygens (including phenoxy) is 1. The van der Waals surface area contributed by atoms with Gasteiger partial charge in [0.25, 0.3) is 0 Å². The highest BCUT2D eigenvalue weighted by Gasteiger charge is 2.15. The lowest BCUT2D eigenvalue weighted by molar-refractivity contribution is 0.390. The lowest BCUT2D eigenvalue weighted by Gasteiger charge is -2.17. The molecular formula is C16H22N4O. The van der Waals surface area contributed by atoms with Gasteiger partial charge >= 0.3 is 0 Å². The minimum atomic E-state index is -0.185. The van der Waals surface area contributed by atoms with Crippen LogP contribution in [-0.4, -0.2) is 17.3 Å². The molecule has 112 valence electrons. The number of aromatic nitrogens is 2. The smallest absolute Gasteiger partial charge is 0.233 e. The standard InChI is InChI=1S/C16H22N4O/c1-11(2)9-12-5-4-6-13(10-12)16(18-17)14-7-8-15(21-3)20-19-14/h4-8,10-11,16,18H,9,17H2,1-3H3. The zero-order valence-electron chi connectivity index (χ0n) is 12.7. The van der Waals surface area contributed by atoms with Crippen LogP contribution in [0, 0.1) is 5.92 Å². The molecule has 0 bridgehead atoms. The van der Waals surface area contributed by atoms with Crippen molar-refractivity contribution >= 4 is 0 Å². The first kappa shape index (κ1) is 15.4. The van der Waals surface area contributed by atoms with Crippen molar-refractivity contribution in [3.05, 3.63) is 53.2 Å². The number of methoxy groups -OCH3 is 1. The summed E-state index contributed by atoms with van der Waals surface area (Å²) in [6, 6.07) is 11.9. The fourth-order valence-electron chi connectivity index (χ4n) is 2.32. The minimum Gasteiger partial charge on any atom is -0.480 e. The molecule has 5 heteroatoms. The van der Waals surface area contributed by atoms with Crippen LogP contribution in [0.4, 0.5) is 0 Å². The molecule has 0 aliphatic heterocycles. The summed E-state index contributed by atoms with van der Waals surface area (Å²) in [4.78, 5) is 0. The molecule has 1 unspecified atom stereocenters. The molecule has 1 atom stereocenters. The number of hydrogen-bond donors (Lipinski definition) is 2. The molecule has 21 heavy (non-hydrogen) atoms. The number of nitrogens with two attached hydrogens (primary N) is 1. The Hall–Kier alpha value is -1.98. The van der Waals surface area contributed by atoms with Gasteiger partial charge in [-0.05, 0) is 29.5 Å². The van der Waals surface area contributed by atoms with Gasteiger partial charge in [0.05, 0.1) is 18.8 Å². The molecule has 0 amide bonds. The summed E-state index contributed by atoms with van der Waals surface area (Å²) < 4.78 is 5.03. The summed E-state index contributed by atoms with van der Waals surface area (Å²) in [5.41, 5.74) is 5.95. The first-order chi connectivity index (χ1) is 10.1. The van der Waals surface area contributed by atoms with E-state index in [4.69, 9.17) is 10.6 Å². The Morgan fingerprint density at radius 2 is 2.00 bits per heavy atom. The van der Waals surface area contributed by atoms with E-state index in [9.17, 15) is 0 Å². The number of benzene rings is 1. The Balaban J connectivity index is 2.27. The summed E-state index contributed by atoms with van der Waals surface area (Å²) in [6.45, 7) is 4.42. The number of nitrogens with zero attached hydrogens (tertiary/aromatic N) is 2. The zero-order valence-corrected chi connectivity index (χ0v) is 12.7. The molecule has 5 nitrogen and oxygen atoms in total. The van der Waals surface area contributed by atoms with E-state index in [-0.39, 0.29) is 6.04 Å². The Kier molecular flexibility index (Phi) is 5.25. The van der Waals surface area contributed by atoms with Gasteiger partial charge in [-0.15, -0.1) is 10.2 Å². The van der Waals surface area contributed by atoms with Gasteiger partial charge < -0.3 is 4.74 Å². The SMILES string of the molecule is COc1ccc(C(NN)c2cccc(CC(C)C)c2)nn1. The molecule has 2 rings (SSSR count). The van der Waals surface area contributed by atoms with Crippen molar-refractivity contribution in [3.63, 3.8) is 0 Å². The van der Waals surface area contributed by atoms with Crippen molar-refractivity contribution in [1.82, 2.24) is 15.6 Å². The molecule has 0 saturated carbocycles. The molecule has 0 spiro atoms. The Bertz CT molecular complexity index is 569. The van der Waals surface area contributed by atoms with Crippen LogP contribution in [-0.2, 0) is 6.42 Å². The number of hydrogen-bond acceptors (Lipinski definition) is 5. The highest BCUT2D eigenvalue weighted by atomic mass is 16.5. The van der Waals surface area contributed by atoms with E-state index in [1.165, 1.54) is 5.56 Å². The molecule has 1 heterocycles.